The number of hydrogen-bond donors (Lipinski definition) is 1. The lowest BCUT2D eigenvalue weighted by Gasteiger charge is -2.26. The van der Waals surface area contributed by atoms with Gasteiger partial charge in [-0.3, -0.25) is 9.78 Å². The molecule has 6 heteroatoms. The Bertz CT molecular complexity index is 669. The van der Waals surface area contributed by atoms with Crippen LogP contribution < -0.4 is 0 Å². The Kier molecular flexibility index (Phi) is 3.82. The molecule has 0 atom stereocenters. The van der Waals surface area contributed by atoms with E-state index in [0.29, 0.717) is 17.7 Å². The number of piperidine rings is 1. The predicted octanol–water partition coefficient (Wildman–Crippen LogP) is 2.50. The Morgan fingerprint density at radius 2 is 2.15 bits per heavy atom. The van der Waals surface area contributed by atoms with E-state index in [1.54, 1.807) is 12.4 Å². The van der Waals surface area contributed by atoms with Crippen LogP contribution in [0.5, 0.6) is 0 Å². The Hall–Kier alpha value is -1.69. The van der Waals surface area contributed by atoms with Crippen molar-refractivity contribution in [2.45, 2.75) is 32.2 Å². The van der Waals surface area contributed by atoms with Gasteiger partial charge >= 0.3 is 0 Å². The quantitative estimate of drug-likeness (QED) is 0.884. The molecule has 0 aromatic carbocycles. The van der Waals surface area contributed by atoms with Gasteiger partial charge in [0, 0.05) is 32.3 Å². The van der Waals surface area contributed by atoms with Crippen LogP contribution in [0, 0.1) is 4.77 Å². The van der Waals surface area contributed by atoms with Gasteiger partial charge in [-0.05, 0) is 37.5 Å². The van der Waals surface area contributed by atoms with E-state index in [0.717, 1.165) is 37.0 Å². The molecule has 0 unspecified atom stereocenters. The summed E-state index contributed by atoms with van der Waals surface area (Å²) in [6.07, 6.45) is 7.50. The number of fused-ring (bicyclic) bond motifs is 1. The minimum atomic E-state index is 0.231. The highest BCUT2D eigenvalue weighted by Crippen LogP contribution is 2.14. The van der Waals surface area contributed by atoms with Crippen molar-refractivity contribution in [1.29, 1.82) is 0 Å². The highest BCUT2D eigenvalue weighted by atomic mass is 32.1. The number of pyridine rings is 1. The van der Waals surface area contributed by atoms with Crippen molar-refractivity contribution in [3.8, 4) is 0 Å². The number of amides is 1. The van der Waals surface area contributed by atoms with E-state index in [9.17, 15) is 4.79 Å². The molecule has 1 aliphatic rings. The number of imidazole rings is 1. The summed E-state index contributed by atoms with van der Waals surface area (Å²) in [6, 6.07) is 1.92. The first-order valence-electron chi connectivity index (χ1n) is 7.06. The summed E-state index contributed by atoms with van der Waals surface area (Å²) in [5, 5.41) is 0. The number of hydrogen-bond acceptors (Lipinski definition) is 3. The molecule has 0 spiro atoms. The molecule has 1 saturated heterocycles. The third kappa shape index (κ3) is 2.60. The topological polar surface area (TPSA) is 53.9 Å². The normalized spacial score (nSPS) is 15.7. The van der Waals surface area contributed by atoms with Gasteiger partial charge in [-0.2, -0.15) is 0 Å². The Morgan fingerprint density at radius 3 is 2.95 bits per heavy atom. The Morgan fingerprint density at radius 1 is 1.35 bits per heavy atom. The molecule has 2 aromatic heterocycles. The first-order valence-corrected chi connectivity index (χ1v) is 7.47. The van der Waals surface area contributed by atoms with Gasteiger partial charge < -0.3 is 14.5 Å². The zero-order chi connectivity index (χ0) is 13.9. The number of carbonyl (C=O) groups is 1. The molecule has 2 aromatic rings. The van der Waals surface area contributed by atoms with Gasteiger partial charge in [0.15, 0.2) is 4.77 Å². The number of aryl methyl sites for hydroxylation is 1. The maximum absolute atomic E-state index is 12.2. The van der Waals surface area contributed by atoms with Crippen molar-refractivity contribution in [1.82, 2.24) is 19.4 Å². The fraction of sp³-hybridized carbons (Fsp3) is 0.500. The van der Waals surface area contributed by atoms with Crippen LogP contribution >= 0.6 is 12.2 Å². The van der Waals surface area contributed by atoms with Gasteiger partial charge in [-0.15, -0.1) is 0 Å². The zero-order valence-corrected chi connectivity index (χ0v) is 12.2. The molecule has 1 fully saturated rings. The molecule has 0 bridgehead atoms. The fourth-order valence-corrected chi connectivity index (χ4v) is 3.04. The lowest BCUT2D eigenvalue weighted by molar-refractivity contribution is -0.132. The number of nitrogens with one attached hydrogen (secondary N) is 1. The molecule has 5 nitrogen and oxygen atoms in total. The monoisotopic (exact) mass is 290 g/mol. The third-order valence-corrected chi connectivity index (χ3v) is 4.16. The third-order valence-electron chi connectivity index (χ3n) is 3.83. The second kappa shape index (κ2) is 5.75. The van der Waals surface area contributed by atoms with Crippen LogP contribution in [0.4, 0.5) is 0 Å². The van der Waals surface area contributed by atoms with Crippen molar-refractivity contribution in [3.05, 3.63) is 23.2 Å². The lowest BCUT2D eigenvalue weighted by atomic mass is 10.1. The number of nitrogens with zero attached hydrogens (tertiary/aromatic N) is 3. The lowest BCUT2D eigenvalue weighted by Crippen LogP contribution is -2.36. The van der Waals surface area contributed by atoms with Gasteiger partial charge in [0.25, 0.3) is 0 Å². The molecule has 3 heterocycles. The van der Waals surface area contributed by atoms with Crippen LogP contribution in [0.25, 0.3) is 11.0 Å². The molecule has 0 aliphatic carbocycles. The van der Waals surface area contributed by atoms with E-state index in [1.165, 1.54) is 6.42 Å². The fourth-order valence-electron chi connectivity index (χ4n) is 2.74. The first-order chi connectivity index (χ1) is 9.75. The number of aromatic amines is 1. The van der Waals surface area contributed by atoms with Gasteiger partial charge in [0.2, 0.25) is 5.91 Å². The Labute approximate surface area is 122 Å². The van der Waals surface area contributed by atoms with Gasteiger partial charge in [0.1, 0.15) is 0 Å². The molecular weight excluding hydrogens is 272 g/mol. The van der Waals surface area contributed by atoms with E-state index < -0.39 is 0 Å². The van der Waals surface area contributed by atoms with Crippen molar-refractivity contribution in [3.63, 3.8) is 0 Å². The minimum absolute atomic E-state index is 0.231. The van der Waals surface area contributed by atoms with Crippen molar-refractivity contribution in [2.75, 3.05) is 13.1 Å². The summed E-state index contributed by atoms with van der Waals surface area (Å²) in [4.78, 5) is 21.4. The van der Waals surface area contributed by atoms with E-state index >= 15 is 0 Å². The Balaban J connectivity index is 1.72. The highest BCUT2D eigenvalue weighted by Gasteiger charge is 2.16. The molecule has 0 radical (unpaired) electrons. The van der Waals surface area contributed by atoms with Crippen molar-refractivity contribution in [2.24, 2.45) is 0 Å². The van der Waals surface area contributed by atoms with Crippen LogP contribution in [0.15, 0.2) is 18.5 Å². The summed E-state index contributed by atoms with van der Waals surface area (Å²) in [5.74, 6) is 0.231. The number of likely N-dealkylation sites (tertiary alicyclic amines) is 1. The molecule has 1 N–H and O–H groups in total. The second-order valence-corrected chi connectivity index (χ2v) is 5.55. The van der Waals surface area contributed by atoms with Crippen molar-refractivity contribution >= 4 is 29.2 Å². The van der Waals surface area contributed by atoms with E-state index in [4.69, 9.17) is 12.2 Å². The average Bonchev–Trinajstić information content (AvgIpc) is 2.81. The van der Waals surface area contributed by atoms with E-state index in [-0.39, 0.29) is 5.91 Å². The summed E-state index contributed by atoms with van der Waals surface area (Å²) >= 11 is 5.32. The number of H-pyrrole nitrogens is 1. The molecule has 1 amide bonds. The van der Waals surface area contributed by atoms with Gasteiger partial charge in [-0.25, -0.2) is 0 Å². The highest BCUT2D eigenvalue weighted by molar-refractivity contribution is 7.71. The SMILES string of the molecule is O=C(CCn1c(=S)[nH]c2cnccc21)N1CCCCC1. The molecular formula is C14H18N4OS. The molecule has 1 aliphatic heterocycles. The summed E-state index contributed by atoms with van der Waals surface area (Å²) in [5.41, 5.74) is 1.93. The minimum Gasteiger partial charge on any atom is -0.343 e. The second-order valence-electron chi connectivity index (χ2n) is 5.17. The van der Waals surface area contributed by atoms with E-state index in [1.807, 2.05) is 15.5 Å². The standard InChI is InChI=1S/C14H18N4OS/c19-13(17-7-2-1-3-8-17)5-9-18-12-4-6-15-10-11(12)16-14(18)20/h4,6,10H,1-3,5,7-9H2,(H,16,20). The number of rotatable bonds is 3. The van der Waals surface area contributed by atoms with E-state index in [2.05, 4.69) is 9.97 Å². The first kappa shape index (κ1) is 13.3. The van der Waals surface area contributed by atoms with Crippen LogP contribution in [-0.2, 0) is 11.3 Å². The molecule has 20 heavy (non-hydrogen) atoms. The maximum atomic E-state index is 12.2. The average molecular weight is 290 g/mol. The smallest absolute Gasteiger partial charge is 0.224 e. The van der Waals surface area contributed by atoms with Gasteiger partial charge in [0.05, 0.1) is 17.2 Å². The predicted molar refractivity (Wildman–Crippen MR) is 80.0 cm³/mol. The van der Waals surface area contributed by atoms with Crippen LogP contribution in [0.3, 0.4) is 0 Å². The summed E-state index contributed by atoms with van der Waals surface area (Å²) in [6.45, 7) is 2.43. The molecule has 3 rings (SSSR count). The van der Waals surface area contributed by atoms with Crippen LogP contribution in [-0.4, -0.2) is 38.4 Å². The molecule has 106 valence electrons. The van der Waals surface area contributed by atoms with Gasteiger partial charge in [-0.1, -0.05) is 0 Å². The van der Waals surface area contributed by atoms with Crippen LogP contribution in [0.2, 0.25) is 0 Å². The van der Waals surface area contributed by atoms with Crippen LogP contribution in [0.1, 0.15) is 25.7 Å². The zero-order valence-electron chi connectivity index (χ0n) is 11.3. The molecule has 0 saturated carbocycles. The summed E-state index contributed by atoms with van der Waals surface area (Å²) in [7, 11) is 0. The summed E-state index contributed by atoms with van der Waals surface area (Å²) < 4.78 is 2.63. The number of aromatic nitrogens is 3. The maximum Gasteiger partial charge on any atom is 0.224 e. The number of carbonyl (C=O) groups excluding carboxylic acids is 1. The largest absolute Gasteiger partial charge is 0.343 e. The van der Waals surface area contributed by atoms with Crippen molar-refractivity contribution < 1.29 is 4.79 Å².